The van der Waals surface area contributed by atoms with Crippen molar-refractivity contribution < 1.29 is 18.7 Å². The molecule has 1 aromatic heterocycles. The number of halogens is 3. The highest BCUT2D eigenvalue weighted by Gasteiger charge is 2.24. The Morgan fingerprint density at radius 3 is 2.65 bits per heavy atom. The number of amides is 1. The van der Waals surface area contributed by atoms with Crippen LogP contribution in [-0.4, -0.2) is 33.8 Å². The molecule has 0 spiro atoms. The second kappa shape index (κ2) is 10.4. The highest BCUT2D eigenvalue weighted by atomic mass is 35.5. The van der Waals surface area contributed by atoms with Crippen molar-refractivity contribution in [2.24, 2.45) is 0 Å². The molecule has 1 amide bonds. The van der Waals surface area contributed by atoms with E-state index in [1.54, 1.807) is 36.5 Å². The first kappa shape index (κ1) is 24.0. The Balaban J connectivity index is 1.55. The molecule has 1 heterocycles. The van der Waals surface area contributed by atoms with Gasteiger partial charge in [0.2, 0.25) is 0 Å². The second-order valence-electron chi connectivity index (χ2n) is 8.44. The number of nitrogens with zero attached hydrogens (tertiary/aromatic N) is 2. The number of anilines is 1. The maximum Gasteiger partial charge on any atom is 0.254 e. The summed E-state index contributed by atoms with van der Waals surface area (Å²) in [5, 5.41) is 12.8. The molecule has 1 fully saturated rings. The predicted molar refractivity (Wildman–Crippen MR) is 127 cm³/mol. The minimum atomic E-state index is -0.783. The zero-order valence-corrected chi connectivity index (χ0v) is 19.1. The molecule has 1 aliphatic carbocycles. The predicted octanol–water partition coefficient (Wildman–Crippen LogP) is 4.98. The standard InChI is InChI=1S/C25H25ClF2N4O2/c26-17-3-1-2-15(10-17)22(13-33)32-25(34)19-9-6-16(11-20(19)28)23-24(29)30-12-21(31-23)14-4-7-18(27)8-5-14/h1-3,6,9-12,14,18,22,33H,4-5,7-8,13H2,(H2,29,30)(H,32,34). The smallest absolute Gasteiger partial charge is 0.254 e. The van der Waals surface area contributed by atoms with Gasteiger partial charge in [-0.2, -0.15) is 0 Å². The average molecular weight is 487 g/mol. The van der Waals surface area contributed by atoms with Crippen molar-refractivity contribution in [2.75, 3.05) is 12.3 Å². The molecule has 1 atom stereocenters. The van der Waals surface area contributed by atoms with Crippen LogP contribution in [0.15, 0.2) is 48.7 Å². The number of hydrogen-bond donors (Lipinski definition) is 3. The third kappa shape index (κ3) is 5.34. The zero-order chi connectivity index (χ0) is 24.2. The fourth-order valence-electron chi connectivity index (χ4n) is 4.21. The number of nitrogen functional groups attached to an aromatic ring is 1. The number of aliphatic hydroxyl groups is 1. The number of aliphatic hydroxyl groups excluding tert-OH is 1. The lowest BCUT2D eigenvalue weighted by atomic mass is 9.86. The van der Waals surface area contributed by atoms with Crippen molar-refractivity contribution in [1.82, 2.24) is 15.3 Å². The summed E-state index contributed by atoms with van der Waals surface area (Å²) in [6.07, 6.45) is 3.11. The maximum absolute atomic E-state index is 15.0. The molecule has 1 unspecified atom stereocenters. The third-order valence-electron chi connectivity index (χ3n) is 6.12. The average Bonchev–Trinajstić information content (AvgIpc) is 2.83. The lowest BCUT2D eigenvalue weighted by Crippen LogP contribution is -2.31. The van der Waals surface area contributed by atoms with E-state index in [9.17, 15) is 18.7 Å². The van der Waals surface area contributed by atoms with Crippen LogP contribution in [0.4, 0.5) is 14.6 Å². The van der Waals surface area contributed by atoms with Gasteiger partial charge in [-0.05, 0) is 55.5 Å². The first-order valence-electron chi connectivity index (χ1n) is 11.1. The number of rotatable bonds is 6. The molecule has 4 rings (SSSR count). The summed E-state index contributed by atoms with van der Waals surface area (Å²) >= 11 is 5.99. The van der Waals surface area contributed by atoms with Crippen molar-refractivity contribution in [2.45, 2.75) is 43.8 Å². The number of alkyl halides is 1. The summed E-state index contributed by atoms with van der Waals surface area (Å²) in [5.41, 5.74) is 7.82. The Bertz CT molecular complexity index is 1190. The lowest BCUT2D eigenvalue weighted by molar-refractivity contribution is 0.0912. The highest BCUT2D eigenvalue weighted by molar-refractivity contribution is 6.30. The van der Waals surface area contributed by atoms with E-state index in [0.717, 1.165) is 0 Å². The van der Waals surface area contributed by atoms with Gasteiger partial charge in [-0.3, -0.25) is 4.79 Å². The molecule has 178 valence electrons. The number of carbonyl (C=O) groups excluding carboxylic acids is 1. The molecule has 1 aliphatic rings. The van der Waals surface area contributed by atoms with Crippen LogP contribution in [0.3, 0.4) is 0 Å². The molecule has 4 N–H and O–H groups in total. The van der Waals surface area contributed by atoms with Crippen LogP contribution >= 0.6 is 11.6 Å². The summed E-state index contributed by atoms with van der Waals surface area (Å²) < 4.78 is 28.5. The van der Waals surface area contributed by atoms with Gasteiger partial charge in [0.05, 0.1) is 30.1 Å². The van der Waals surface area contributed by atoms with Crippen LogP contribution < -0.4 is 11.1 Å². The fourth-order valence-corrected chi connectivity index (χ4v) is 4.41. The summed E-state index contributed by atoms with van der Waals surface area (Å²) in [6, 6.07) is 10.0. The van der Waals surface area contributed by atoms with Crippen molar-refractivity contribution in [3.63, 3.8) is 0 Å². The van der Waals surface area contributed by atoms with E-state index in [1.165, 1.54) is 12.1 Å². The maximum atomic E-state index is 15.0. The number of hydrogen-bond acceptors (Lipinski definition) is 5. The van der Waals surface area contributed by atoms with E-state index < -0.39 is 23.9 Å². The van der Waals surface area contributed by atoms with Crippen LogP contribution in [0.25, 0.3) is 11.3 Å². The number of carbonyl (C=O) groups is 1. The number of nitrogens with one attached hydrogen (secondary N) is 1. The Kier molecular flexibility index (Phi) is 7.38. The summed E-state index contributed by atoms with van der Waals surface area (Å²) in [7, 11) is 0. The molecule has 0 aliphatic heterocycles. The Morgan fingerprint density at radius 2 is 1.97 bits per heavy atom. The van der Waals surface area contributed by atoms with E-state index in [-0.39, 0.29) is 23.9 Å². The number of benzene rings is 2. The monoisotopic (exact) mass is 486 g/mol. The van der Waals surface area contributed by atoms with Crippen LogP contribution in [0.5, 0.6) is 0 Å². The first-order valence-corrected chi connectivity index (χ1v) is 11.5. The lowest BCUT2D eigenvalue weighted by Gasteiger charge is -2.24. The summed E-state index contributed by atoms with van der Waals surface area (Å²) in [5.74, 6) is -1.22. The SMILES string of the molecule is Nc1ncc(C2CCC(F)CC2)nc1-c1ccc(C(=O)NC(CO)c2cccc(Cl)c2)c(F)c1. The summed E-state index contributed by atoms with van der Waals surface area (Å²) in [4.78, 5) is 21.5. The molecule has 0 saturated heterocycles. The van der Waals surface area contributed by atoms with E-state index in [2.05, 4.69) is 15.3 Å². The number of aromatic nitrogens is 2. The molecular formula is C25H25ClF2N4O2. The molecule has 0 bridgehead atoms. The van der Waals surface area contributed by atoms with E-state index >= 15 is 0 Å². The van der Waals surface area contributed by atoms with Crippen LogP contribution in [-0.2, 0) is 0 Å². The second-order valence-corrected chi connectivity index (χ2v) is 8.87. The topological polar surface area (TPSA) is 101 Å². The van der Waals surface area contributed by atoms with E-state index in [1.807, 2.05) is 0 Å². The van der Waals surface area contributed by atoms with Gasteiger partial charge in [0.25, 0.3) is 5.91 Å². The molecule has 0 radical (unpaired) electrons. The zero-order valence-electron chi connectivity index (χ0n) is 18.3. The Hall–Kier alpha value is -3.10. The van der Waals surface area contributed by atoms with Gasteiger partial charge in [0.15, 0.2) is 0 Å². The van der Waals surface area contributed by atoms with E-state index in [4.69, 9.17) is 17.3 Å². The van der Waals surface area contributed by atoms with Gasteiger partial charge in [-0.1, -0.05) is 29.8 Å². The van der Waals surface area contributed by atoms with Crippen molar-refractivity contribution >= 4 is 23.3 Å². The van der Waals surface area contributed by atoms with Crippen LogP contribution in [0.2, 0.25) is 5.02 Å². The molecule has 34 heavy (non-hydrogen) atoms. The molecule has 9 heteroatoms. The van der Waals surface area contributed by atoms with Gasteiger partial charge in [-0.15, -0.1) is 0 Å². The highest BCUT2D eigenvalue weighted by Crippen LogP contribution is 2.35. The van der Waals surface area contributed by atoms with Crippen LogP contribution in [0.1, 0.15) is 59.3 Å². The quantitative estimate of drug-likeness (QED) is 0.456. The molecule has 2 aromatic carbocycles. The molecule has 3 aromatic rings. The number of nitrogens with two attached hydrogens (primary N) is 1. The minimum Gasteiger partial charge on any atom is -0.394 e. The first-order chi connectivity index (χ1) is 16.4. The molecule has 6 nitrogen and oxygen atoms in total. The van der Waals surface area contributed by atoms with Crippen molar-refractivity contribution in [1.29, 1.82) is 0 Å². The van der Waals surface area contributed by atoms with Gasteiger partial charge in [-0.25, -0.2) is 18.7 Å². The largest absolute Gasteiger partial charge is 0.394 e. The van der Waals surface area contributed by atoms with Gasteiger partial charge in [0, 0.05) is 16.5 Å². The summed E-state index contributed by atoms with van der Waals surface area (Å²) in [6.45, 7) is -0.380. The normalized spacial score (nSPS) is 18.9. The minimum absolute atomic E-state index is 0.0793. The van der Waals surface area contributed by atoms with Gasteiger partial charge >= 0.3 is 0 Å². The van der Waals surface area contributed by atoms with E-state index in [0.29, 0.717) is 53.2 Å². The fraction of sp³-hybridized carbons (Fsp3) is 0.320. The van der Waals surface area contributed by atoms with Crippen molar-refractivity contribution in [3.05, 3.63) is 76.3 Å². The Labute approximate surface area is 201 Å². The Morgan fingerprint density at radius 1 is 1.21 bits per heavy atom. The van der Waals surface area contributed by atoms with Crippen LogP contribution in [0, 0.1) is 5.82 Å². The molecular weight excluding hydrogens is 462 g/mol. The molecule has 1 saturated carbocycles. The van der Waals surface area contributed by atoms with Crippen molar-refractivity contribution in [3.8, 4) is 11.3 Å². The van der Waals surface area contributed by atoms with Gasteiger partial charge in [0.1, 0.15) is 23.5 Å². The third-order valence-corrected chi connectivity index (χ3v) is 6.36. The van der Waals surface area contributed by atoms with Gasteiger partial charge < -0.3 is 16.2 Å².